The van der Waals surface area contributed by atoms with Gasteiger partial charge in [0, 0.05) is 10.6 Å². The lowest BCUT2D eigenvalue weighted by Gasteiger charge is -2.12. The topological polar surface area (TPSA) is 78.4 Å². The van der Waals surface area contributed by atoms with Crippen LogP contribution in [0.5, 0.6) is 23.0 Å². The fourth-order valence-corrected chi connectivity index (χ4v) is 3.30. The number of benzene rings is 3. The Morgan fingerprint density at radius 3 is 2.78 bits per heavy atom. The van der Waals surface area contributed by atoms with E-state index in [1.165, 1.54) is 6.21 Å². The molecule has 0 saturated heterocycles. The van der Waals surface area contributed by atoms with Crippen molar-refractivity contribution in [2.24, 2.45) is 5.10 Å². The average Bonchev–Trinajstić information content (AvgIpc) is 3.27. The molecule has 0 bridgehead atoms. The third-order valence-corrected chi connectivity index (χ3v) is 5.10. The van der Waals surface area contributed by atoms with Gasteiger partial charge >= 0.3 is 0 Å². The Morgan fingerprint density at radius 2 is 1.94 bits per heavy atom. The lowest BCUT2D eigenvalue weighted by Crippen LogP contribution is -2.19. The highest BCUT2D eigenvalue weighted by molar-refractivity contribution is 6.31. The molecule has 0 radical (unpaired) electrons. The number of hydrogen-bond acceptors (Lipinski definition) is 6. The Hall–Kier alpha value is -3.71. The molecule has 1 amide bonds. The van der Waals surface area contributed by atoms with Gasteiger partial charge in [-0.1, -0.05) is 35.9 Å². The van der Waals surface area contributed by atoms with Crippen molar-refractivity contribution < 1.29 is 23.7 Å². The standard InChI is InChI=1S/C24H21ClN2O5/c1-29-22-11-17(7-9-20(22)30-14-18-4-2-3-5-19(18)25)13-26-27-24(28)12-16-6-8-21-23(10-16)32-15-31-21/h2-11,13H,12,14-15H2,1H3,(H,27,28)/b26-13-. The molecule has 1 N–H and O–H groups in total. The second-order valence-corrected chi connectivity index (χ2v) is 7.36. The van der Waals surface area contributed by atoms with E-state index in [2.05, 4.69) is 10.5 Å². The molecule has 0 saturated carbocycles. The molecular weight excluding hydrogens is 432 g/mol. The largest absolute Gasteiger partial charge is 0.493 e. The van der Waals surface area contributed by atoms with Crippen LogP contribution in [0.3, 0.4) is 0 Å². The van der Waals surface area contributed by atoms with Crippen molar-refractivity contribution >= 4 is 23.7 Å². The Labute approximate surface area is 190 Å². The van der Waals surface area contributed by atoms with E-state index in [9.17, 15) is 4.79 Å². The summed E-state index contributed by atoms with van der Waals surface area (Å²) in [5.41, 5.74) is 4.96. The van der Waals surface area contributed by atoms with E-state index in [1.54, 1.807) is 31.4 Å². The number of carbonyl (C=O) groups is 1. The SMILES string of the molecule is COc1cc(/C=N\NC(=O)Cc2ccc3c(c2)OCO3)ccc1OCc1ccccc1Cl. The van der Waals surface area contributed by atoms with Gasteiger partial charge in [0.2, 0.25) is 12.7 Å². The first-order valence-corrected chi connectivity index (χ1v) is 10.2. The first-order valence-electron chi connectivity index (χ1n) is 9.87. The Balaban J connectivity index is 1.33. The molecular formula is C24H21ClN2O5. The minimum absolute atomic E-state index is 0.173. The van der Waals surface area contributed by atoms with Crippen molar-refractivity contribution in [1.82, 2.24) is 5.43 Å². The highest BCUT2D eigenvalue weighted by atomic mass is 35.5. The van der Waals surface area contributed by atoms with Gasteiger partial charge in [0.15, 0.2) is 23.0 Å². The minimum Gasteiger partial charge on any atom is -0.493 e. The fraction of sp³-hybridized carbons (Fsp3) is 0.167. The Bertz CT molecular complexity index is 1150. The number of rotatable bonds is 8. The second kappa shape index (κ2) is 10.1. The van der Waals surface area contributed by atoms with Crippen molar-refractivity contribution in [1.29, 1.82) is 0 Å². The molecule has 0 unspecified atom stereocenters. The van der Waals surface area contributed by atoms with Gasteiger partial charge < -0.3 is 18.9 Å². The van der Waals surface area contributed by atoms with E-state index in [-0.39, 0.29) is 19.1 Å². The molecule has 1 aliphatic heterocycles. The van der Waals surface area contributed by atoms with Crippen molar-refractivity contribution in [3.05, 3.63) is 82.4 Å². The molecule has 32 heavy (non-hydrogen) atoms. The highest BCUT2D eigenvalue weighted by Crippen LogP contribution is 2.32. The fourth-order valence-electron chi connectivity index (χ4n) is 3.11. The zero-order chi connectivity index (χ0) is 22.3. The third-order valence-electron chi connectivity index (χ3n) is 4.73. The van der Waals surface area contributed by atoms with E-state index in [0.29, 0.717) is 34.6 Å². The summed E-state index contributed by atoms with van der Waals surface area (Å²) in [5.74, 6) is 2.21. The molecule has 1 heterocycles. The number of amides is 1. The van der Waals surface area contributed by atoms with Crippen LogP contribution in [-0.4, -0.2) is 26.0 Å². The molecule has 0 fully saturated rings. The molecule has 0 aromatic heterocycles. The summed E-state index contributed by atoms with van der Waals surface area (Å²) in [6.45, 7) is 0.516. The smallest absolute Gasteiger partial charge is 0.244 e. The number of nitrogens with one attached hydrogen (secondary N) is 1. The van der Waals surface area contributed by atoms with Gasteiger partial charge in [-0.05, 0) is 47.5 Å². The van der Waals surface area contributed by atoms with Gasteiger partial charge in [-0.2, -0.15) is 5.10 Å². The Kier molecular flexibility index (Phi) is 6.77. The predicted octanol–water partition coefficient (Wildman–Crippen LogP) is 4.35. The van der Waals surface area contributed by atoms with Gasteiger partial charge in [0.25, 0.3) is 0 Å². The van der Waals surface area contributed by atoms with Crippen molar-refractivity contribution in [2.45, 2.75) is 13.0 Å². The van der Waals surface area contributed by atoms with Gasteiger partial charge in [0.1, 0.15) is 6.61 Å². The number of methoxy groups -OCH3 is 1. The van der Waals surface area contributed by atoms with Crippen LogP contribution in [0.1, 0.15) is 16.7 Å². The summed E-state index contributed by atoms with van der Waals surface area (Å²) in [7, 11) is 1.56. The van der Waals surface area contributed by atoms with Gasteiger partial charge in [0.05, 0.1) is 19.7 Å². The van der Waals surface area contributed by atoms with Crippen molar-refractivity contribution in [3.63, 3.8) is 0 Å². The van der Waals surface area contributed by atoms with E-state index < -0.39 is 0 Å². The number of carbonyl (C=O) groups excluding carboxylic acids is 1. The number of fused-ring (bicyclic) bond motifs is 1. The average molecular weight is 453 g/mol. The first-order chi connectivity index (χ1) is 15.6. The third kappa shape index (κ3) is 5.31. The maximum absolute atomic E-state index is 12.2. The van der Waals surface area contributed by atoms with Crippen LogP contribution in [0.2, 0.25) is 5.02 Å². The lowest BCUT2D eigenvalue weighted by molar-refractivity contribution is -0.120. The van der Waals surface area contributed by atoms with Crippen LogP contribution >= 0.6 is 11.6 Å². The molecule has 8 heteroatoms. The van der Waals surface area contributed by atoms with Crippen LogP contribution in [0.15, 0.2) is 65.8 Å². The predicted molar refractivity (Wildman–Crippen MR) is 121 cm³/mol. The van der Waals surface area contributed by atoms with Crippen LogP contribution < -0.4 is 24.4 Å². The molecule has 1 aliphatic rings. The minimum atomic E-state index is -0.244. The maximum Gasteiger partial charge on any atom is 0.244 e. The summed E-state index contributed by atoms with van der Waals surface area (Å²) in [4.78, 5) is 12.2. The summed E-state index contributed by atoms with van der Waals surface area (Å²) in [6.07, 6.45) is 1.71. The first kappa shape index (κ1) is 21.5. The molecule has 0 atom stereocenters. The second-order valence-electron chi connectivity index (χ2n) is 6.95. The molecule has 0 spiro atoms. The molecule has 4 rings (SSSR count). The van der Waals surface area contributed by atoms with Crippen LogP contribution in [0.25, 0.3) is 0 Å². The number of ether oxygens (including phenoxy) is 4. The monoisotopic (exact) mass is 452 g/mol. The van der Waals surface area contributed by atoms with E-state index in [0.717, 1.165) is 16.7 Å². The quantitative estimate of drug-likeness (QED) is 0.406. The van der Waals surface area contributed by atoms with Crippen molar-refractivity contribution in [2.75, 3.05) is 13.9 Å². The van der Waals surface area contributed by atoms with Gasteiger partial charge in [-0.3, -0.25) is 4.79 Å². The molecule has 0 aliphatic carbocycles. The lowest BCUT2D eigenvalue weighted by atomic mass is 10.1. The zero-order valence-electron chi connectivity index (χ0n) is 17.3. The molecule has 164 valence electrons. The summed E-state index contributed by atoms with van der Waals surface area (Å²) in [6, 6.07) is 18.3. The maximum atomic E-state index is 12.2. The highest BCUT2D eigenvalue weighted by Gasteiger charge is 2.14. The van der Waals surface area contributed by atoms with Crippen LogP contribution in [0, 0.1) is 0 Å². The number of hydrogen-bond donors (Lipinski definition) is 1. The van der Waals surface area contributed by atoms with E-state index in [1.807, 2.05) is 36.4 Å². The normalized spacial score (nSPS) is 12.1. The zero-order valence-corrected chi connectivity index (χ0v) is 18.1. The number of halogens is 1. The summed E-state index contributed by atoms with van der Waals surface area (Å²) < 4.78 is 21.9. The molecule has 7 nitrogen and oxygen atoms in total. The van der Waals surface area contributed by atoms with E-state index in [4.69, 9.17) is 30.5 Å². The molecule has 3 aromatic rings. The van der Waals surface area contributed by atoms with Gasteiger partial charge in [-0.15, -0.1) is 0 Å². The number of nitrogens with zero attached hydrogens (tertiary/aromatic N) is 1. The van der Waals surface area contributed by atoms with E-state index >= 15 is 0 Å². The van der Waals surface area contributed by atoms with Crippen LogP contribution in [0.4, 0.5) is 0 Å². The van der Waals surface area contributed by atoms with Crippen LogP contribution in [-0.2, 0) is 17.8 Å². The number of hydrazone groups is 1. The van der Waals surface area contributed by atoms with Gasteiger partial charge in [-0.25, -0.2) is 5.43 Å². The summed E-state index contributed by atoms with van der Waals surface area (Å²) >= 11 is 6.17. The Morgan fingerprint density at radius 1 is 1.09 bits per heavy atom. The van der Waals surface area contributed by atoms with Crippen molar-refractivity contribution in [3.8, 4) is 23.0 Å². The molecule has 3 aromatic carbocycles. The summed E-state index contributed by atoms with van der Waals surface area (Å²) in [5, 5.41) is 4.67.